The summed E-state index contributed by atoms with van der Waals surface area (Å²) < 4.78 is 5.42. The first-order valence-corrected chi connectivity index (χ1v) is 8.58. The van der Waals surface area contributed by atoms with E-state index >= 15 is 0 Å². The van der Waals surface area contributed by atoms with E-state index in [0.29, 0.717) is 31.9 Å². The zero-order valence-corrected chi connectivity index (χ0v) is 15.2. The maximum absolute atomic E-state index is 12.2. The molecular formula is C18H28N4O3. The van der Waals surface area contributed by atoms with Gasteiger partial charge in [0.05, 0.1) is 6.54 Å². The van der Waals surface area contributed by atoms with Crippen molar-refractivity contribution in [1.29, 1.82) is 0 Å². The van der Waals surface area contributed by atoms with Crippen LogP contribution in [0.15, 0.2) is 24.3 Å². The van der Waals surface area contributed by atoms with Gasteiger partial charge < -0.3 is 20.7 Å². The highest BCUT2D eigenvalue weighted by molar-refractivity contribution is 5.92. The van der Waals surface area contributed by atoms with Crippen LogP contribution in [-0.4, -0.2) is 60.1 Å². The molecule has 0 unspecified atom stereocenters. The van der Waals surface area contributed by atoms with E-state index in [9.17, 15) is 9.59 Å². The number of hydrogen-bond acceptors (Lipinski definition) is 5. The number of carbonyl (C=O) groups is 2. The number of benzene rings is 1. The van der Waals surface area contributed by atoms with Gasteiger partial charge in [-0.3, -0.25) is 9.69 Å². The second-order valence-corrected chi connectivity index (χ2v) is 7.27. The summed E-state index contributed by atoms with van der Waals surface area (Å²) in [5.74, 6) is -0.0736. The Morgan fingerprint density at radius 3 is 2.44 bits per heavy atom. The second kappa shape index (κ2) is 8.20. The van der Waals surface area contributed by atoms with Gasteiger partial charge >= 0.3 is 6.09 Å². The fourth-order valence-corrected chi connectivity index (χ4v) is 2.61. The number of ether oxygens (including phenoxy) is 1. The van der Waals surface area contributed by atoms with Crippen LogP contribution in [0.25, 0.3) is 0 Å². The summed E-state index contributed by atoms with van der Waals surface area (Å²) in [5.41, 5.74) is 6.52. The van der Waals surface area contributed by atoms with Gasteiger partial charge in [-0.1, -0.05) is 0 Å². The molecule has 2 rings (SSSR count). The summed E-state index contributed by atoms with van der Waals surface area (Å²) in [6.07, 6.45) is 0.523. The van der Waals surface area contributed by atoms with Crippen molar-refractivity contribution in [3.63, 3.8) is 0 Å². The zero-order valence-electron chi connectivity index (χ0n) is 15.2. The minimum Gasteiger partial charge on any atom is -0.444 e. The Morgan fingerprint density at radius 1 is 1.12 bits per heavy atom. The van der Waals surface area contributed by atoms with Gasteiger partial charge in [0.2, 0.25) is 5.91 Å². The third kappa shape index (κ3) is 6.62. The van der Waals surface area contributed by atoms with Crippen LogP contribution in [0.1, 0.15) is 27.2 Å². The van der Waals surface area contributed by atoms with Crippen molar-refractivity contribution in [3.05, 3.63) is 24.3 Å². The van der Waals surface area contributed by atoms with Gasteiger partial charge in [0.25, 0.3) is 0 Å². The van der Waals surface area contributed by atoms with Gasteiger partial charge in [-0.05, 0) is 51.5 Å². The predicted molar refractivity (Wildman–Crippen MR) is 98.3 cm³/mol. The van der Waals surface area contributed by atoms with Crippen LogP contribution < -0.4 is 11.1 Å². The molecule has 3 N–H and O–H groups in total. The van der Waals surface area contributed by atoms with Crippen molar-refractivity contribution in [2.24, 2.45) is 0 Å². The zero-order chi connectivity index (χ0) is 18.4. The van der Waals surface area contributed by atoms with Crippen LogP contribution in [0.5, 0.6) is 0 Å². The fraction of sp³-hybridized carbons (Fsp3) is 0.556. The number of nitrogens with one attached hydrogen (secondary N) is 1. The Bertz CT molecular complexity index is 595. The topological polar surface area (TPSA) is 87.9 Å². The molecule has 0 saturated carbocycles. The molecule has 7 nitrogen and oxygen atoms in total. The lowest BCUT2D eigenvalue weighted by atomic mass is 10.2. The van der Waals surface area contributed by atoms with E-state index < -0.39 is 5.60 Å². The number of anilines is 2. The van der Waals surface area contributed by atoms with Crippen LogP contribution in [-0.2, 0) is 9.53 Å². The van der Waals surface area contributed by atoms with E-state index in [1.807, 2.05) is 20.8 Å². The van der Waals surface area contributed by atoms with E-state index in [1.54, 1.807) is 29.2 Å². The number of amides is 2. The van der Waals surface area contributed by atoms with Crippen molar-refractivity contribution in [1.82, 2.24) is 9.80 Å². The number of carbonyl (C=O) groups excluding carboxylic acids is 2. The average Bonchev–Trinajstić information content (AvgIpc) is 2.73. The molecule has 1 heterocycles. The molecule has 25 heavy (non-hydrogen) atoms. The van der Waals surface area contributed by atoms with Gasteiger partial charge in [0.1, 0.15) is 5.60 Å². The lowest BCUT2D eigenvalue weighted by Gasteiger charge is -2.26. The molecule has 0 spiro atoms. The van der Waals surface area contributed by atoms with Crippen LogP contribution in [0.4, 0.5) is 16.2 Å². The molecule has 0 aromatic heterocycles. The highest BCUT2D eigenvalue weighted by atomic mass is 16.6. The van der Waals surface area contributed by atoms with Crippen LogP contribution in [0.3, 0.4) is 0 Å². The molecule has 1 aliphatic heterocycles. The van der Waals surface area contributed by atoms with Crippen LogP contribution >= 0.6 is 0 Å². The summed E-state index contributed by atoms with van der Waals surface area (Å²) in [5, 5.41) is 2.86. The van der Waals surface area contributed by atoms with Gasteiger partial charge in [-0.2, -0.15) is 0 Å². The van der Waals surface area contributed by atoms with Crippen LogP contribution in [0.2, 0.25) is 0 Å². The Kier molecular flexibility index (Phi) is 6.25. The second-order valence-electron chi connectivity index (χ2n) is 7.27. The number of nitrogen functional groups attached to an aromatic ring is 1. The molecule has 1 saturated heterocycles. The minimum atomic E-state index is -0.498. The SMILES string of the molecule is CC(C)(C)OC(=O)N1CCCN(CC(=O)Nc2ccc(N)cc2)CC1. The summed E-state index contributed by atoms with van der Waals surface area (Å²) in [7, 11) is 0. The quantitative estimate of drug-likeness (QED) is 0.817. The summed E-state index contributed by atoms with van der Waals surface area (Å²) in [6, 6.07) is 7.06. The van der Waals surface area contributed by atoms with Crippen molar-refractivity contribution < 1.29 is 14.3 Å². The summed E-state index contributed by atoms with van der Waals surface area (Å²) in [6.45, 7) is 8.49. The van der Waals surface area contributed by atoms with E-state index in [-0.39, 0.29) is 12.0 Å². The lowest BCUT2D eigenvalue weighted by Crippen LogP contribution is -2.40. The summed E-state index contributed by atoms with van der Waals surface area (Å²) in [4.78, 5) is 28.1. The van der Waals surface area contributed by atoms with Gasteiger partial charge in [0.15, 0.2) is 0 Å². The third-order valence-corrected chi connectivity index (χ3v) is 3.80. The molecule has 0 radical (unpaired) electrons. The lowest BCUT2D eigenvalue weighted by molar-refractivity contribution is -0.117. The molecular weight excluding hydrogens is 320 g/mol. The molecule has 1 aromatic rings. The van der Waals surface area contributed by atoms with E-state index in [2.05, 4.69) is 10.2 Å². The van der Waals surface area contributed by atoms with Gasteiger partial charge in [-0.25, -0.2) is 4.79 Å². The minimum absolute atomic E-state index is 0.0736. The normalized spacial score (nSPS) is 16.2. The Hall–Kier alpha value is -2.28. The third-order valence-electron chi connectivity index (χ3n) is 3.80. The molecule has 2 amide bonds. The number of nitrogens with zero attached hydrogens (tertiary/aromatic N) is 2. The van der Waals surface area contributed by atoms with E-state index in [4.69, 9.17) is 10.5 Å². The molecule has 1 fully saturated rings. The first kappa shape index (κ1) is 19.1. The maximum Gasteiger partial charge on any atom is 0.410 e. The molecule has 0 aliphatic carbocycles. The van der Waals surface area contributed by atoms with Crippen molar-refractivity contribution in [3.8, 4) is 0 Å². The maximum atomic E-state index is 12.2. The van der Waals surface area contributed by atoms with Gasteiger partial charge in [0, 0.05) is 37.6 Å². The largest absolute Gasteiger partial charge is 0.444 e. The predicted octanol–water partition coefficient (Wildman–Crippen LogP) is 2.15. The Labute approximate surface area is 149 Å². The fourth-order valence-electron chi connectivity index (χ4n) is 2.61. The molecule has 1 aliphatic rings. The molecule has 138 valence electrons. The van der Waals surface area contributed by atoms with Crippen LogP contribution in [0, 0.1) is 0 Å². The summed E-state index contributed by atoms with van der Waals surface area (Å²) >= 11 is 0. The Morgan fingerprint density at radius 2 is 1.80 bits per heavy atom. The number of nitrogens with two attached hydrogens (primary N) is 1. The number of rotatable bonds is 3. The van der Waals surface area contributed by atoms with Crippen molar-refractivity contribution in [2.75, 3.05) is 43.8 Å². The van der Waals surface area contributed by atoms with Crippen molar-refractivity contribution >= 4 is 23.4 Å². The Balaban J connectivity index is 1.81. The molecule has 0 bridgehead atoms. The van der Waals surface area contributed by atoms with E-state index in [1.165, 1.54) is 0 Å². The highest BCUT2D eigenvalue weighted by Crippen LogP contribution is 2.13. The first-order chi connectivity index (χ1) is 11.7. The molecule has 0 atom stereocenters. The van der Waals surface area contributed by atoms with E-state index in [0.717, 1.165) is 18.7 Å². The molecule has 1 aromatic carbocycles. The first-order valence-electron chi connectivity index (χ1n) is 8.58. The molecule has 7 heteroatoms. The van der Waals surface area contributed by atoms with Gasteiger partial charge in [-0.15, -0.1) is 0 Å². The monoisotopic (exact) mass is 348 g/mol. The highest BCUT2D eigenvalue weighted by Gasteiger charge is 2.25. The number of hydrogen-bond donors (Lipinski definition) is 2. The average molecular weight is 348 g/mol. The smallest absolute Gasteiger partial charge is 0.410 e. The van der Waals surface area contributed by atoms with Crippen molar-refractivity contribution in [2.45, 2.75) is 32.8 Å². The standard InChI is InChI=1S/C18H28N4O3/c1-18(2,3)25-17(24)22-10-4-9-21(11-12-22)13-16(23)20-15-7-5-14(19)6-8-15/h5-8H,4,9-13,19H2,1-3H3,(H,20,23).